The van der Waals surface area contributed by atoms with Crippen LogP contribution < -0.4 is 11.1 Å². The number of aryl methyl sites for hydroxylation is 1. The number of nitrogens with one attached hydrogen (secondary N) is 2. The Balaban J connectivity index is 1.89. The second-order valence-corrected chi connectivity index (χ2v) is 8.43. The highest BCUT2D eigenvalue weighted by atomic mass is 35.5. The molecule has 0 fully saturated rings. The Hall–Kier alpha value is -2.12. The summed E-state index contributed by atoms with van der Waals surface area (Å²) in [5.41, 5.74) is 7.87. The molecule has 0 bridgehead atoms. The van der Waals surface area contributed by atoms with E-state index in [0.29, 0.717) is 17.1 Å². The van der Waals surface area contributed by atoms with Gasteiger partial charge in [-0.1, -0.05) is 32.4 Å². The van der Waals surface area contributed by atoms with Crippen molar-refractivity contribution in [2.75, 3.05) is 5.32 Å². The van der Waals surface area contributed by atoms with Crippen LogP contribution in [0.1, 0.15) is 46.7 Å². The largest absolute Gasteiger partial charge is 0.365 e. The first-order valence-corrected chi connectivity index (χ1v) is 9.04. The summed E-state index contributed by atoms with van der Waals surface area (Å²) in [5.74, 6) is 0.279. The predicted molar refractivity (Wildman–Crippen MR) is 102 cm³/mol. The van der Waals surface area contributed by atoms with Crippen LogP contribution in [0.15, 0.2) is 12.1 Å². The summed E-state index contributed by atoms with van der Waals surface area (Å²) in [7, 11) is 0. The van der Waals surface area contributed by atoms with Gasteiger partial charge >= 0.3 is 0 Å². The lowest BCUT2D eigenvalue weighted by molar-refractivity contribution is 0.100. The van der Waals surface area contributed by atoms with E-state index in [0.717, 1.165) is 32.3 Å². The molecule has 2 aromatic heterocycles. The lowest BCUT2D eigenvalue weighted by Crippen LogP contribution is -2.11. The normalized spacial score (nSPS) is 11.9. The fourth-order valence-corrected chi connectivity index (χ4v) is 3.97. The number of carbonyl (C=O) groups excluding carboxylic acids is 1. The summed E-state index contributed by atoms with van der Waals surface area (Å²) in [6.07, 6.45) is 0. The molecular formula is C17H20ClN5OS. The molecule has 4 N–H and O–H groups in total. The number of H-pyrrole nitrogens is 1. The lowest BCUT2D eigenvalue weighted by atomic mass is 9.86. The Labute approximate surface area is 154 Å². The van der Waals surface area contributed by atoms with Crippen molar-refractivity contribution in [2.45, 2.75) is 39.7 Å². The molecule has 3 rings (SSSR count). The smallest absolute Gasteiger partial charge is 0.260 e. The maximum absolute atomic E-state index is 11.3. The number of anilines is 1. The molecule has 0 unspecified atom stereocenters. The van der Waals surface area contributed by atoms with Crippen molar-refractivity contribution in [3.63, 3.8) is 0 Å². The van der Waals surface area contributed by atoms with Gasteiger partial charge in [0.2, 0.25) is 0 Å². The van der Waals surface area contributed by atoms with E-state index in [9.17, 15) is 4.79 Å². The summed E-state index contributed by atoms with van der Waals surface area (Å²) >= 11 is 7.70. The van der Waals surface area contributed by atoms with Gasteiger partial charge in [-0.25, -0.2) is 4.98 Å². The van der Waals surface area contributed by atoms with Gasteiger partial charge in [-0.05, 0) is 30.0 Å². The fraction of sp³-hybridized carbons (Fsp3) is 0.353. The molecule has 25 heavy (non-hydrogen) atoms. The zero-order valence-corrected chi connectivity index (χ0v) is 16.1. The van der Waals surface area contributed by atoms with Gasteiger partial charge in [-0.15, -0.1) is 11.3 Å². The summed E-state index contributed by atoms with van der Waals surface area (Å²) in [6, 6.07) is 3.96. The first-order valence-electron chi connectivity index (χ1n) is 7.85. The number of amides is 1. The summed E-state index contributed by atoms with van der Waals surface area (Å²) in [6.45, 7) is 8.61. The number of nitrogens with two attached hydrogens (primary N) is 1. The van der Waals surface area contributed by atoms with Crippen molar-refractivity contribution < 1.29 is 4.79 Å². The summed E-state index contributed by atoms with van der Waals surface area (Å²) in [5, 5.41) is 13.1. The highest BCUT2D eigenvalue weighted by Gasteiger charge is 2.20. The van der Waals surface area contributed by atoms with Gasteiger partial charge in [0.1, 0.15) is 9.88 Å². The Morgan fingerprint density at radius 3 is 2.72 bits per heavy atom. The van der Waals surface area contributed by atoms with Crippen LogP contribution in [0, 0.1) is 6.92 Å². The fourth-order valence-electron chi connectivity index (χ4n) is 2.66. The van der Waals surface area contributed by atoms with Crippen LogP contribution in [-0.2, 0) is 12.0 Å². The number of fused-ring (bicyclic) bond motifs is 1. The van der Waals surface area contributed by atoms with Crippen molar-refractivity contribution in [1.82, 2.24) is 15.2 Å². The molecule has 0 aliphatic carbocycles. The molecule has 0 aliphatic rings. The van der Waals surface area contributed by atoms with Gasteiger partial charge < -0.3 is 11.1 Å². The van der Waals surface area contributed by atoms with Gasteiger partial charge in [0.15, 0.2) is 5.82 Å². The highest BCUT2D eigenvalue weighted by molar-refractivity contribution is 7.13. The van der Waals surface area contributed by atoms with Gasteiger partial charge in [0, 0.05) is 10.4 Å². The minimum absolute atomic E-state index is 0.0668. The lowest BCUT2D eigenvalue weighted by Gasteiger charge is -2.20. The van der Waals surface area contributed by atoms with Crippen molar-refractivity contribution in [3.05, 3.63) is 38.3 Å². The number of hydrogen-bond acceptors (Lipinski definition) is 5. The molecule has 1 aromatic carbocycles. The van der Waals surface area contributed by atoms with E-state index in [1.165, 1.54) is 11.3 Å². The van der Waals surface area contributed by atoms with Crippen LogP contribution >= 0.6 is 22.9 Å². The number of benzene rings is 1. The third-order valence-electron chi connectivity index (χ3n) is 3.93. The molecule has 0 atom stereocenters. The van der Waals surface area contributed by atoms with Crippen LogP contribution in [0.3, 0.4) is 0 Å². The number of halogens is 1. The number of aromatic nitrogens is 3. The van der Waals surface area contributed by atoms with Gasteiger partial charge in [-0.3, -0.25) is 9.89 Å². The maximum Gasteiger partial charge on any atom is 0.260 e. The van der Waals surface area contributed by atoms with E-state index in [4.69, 9.17) is 17.3 Å². The number of thiazole rings is 1. The standard InChI is InChI=1S/C17H20ClN5OS/c1-8-14(15(19)24)25-13(21-8)7-20-16-9-5-10(17(2,3)4)11(18)6-12(9)22-23-16/h5-6H,7H2,1-4H3,(H2,19,24)(H2,20,22,23). The summed E-state index contributed by atoms with van der Waals surface area (Å²) in [4.78, 5) is 16.2. The van der Waals surface area contributed by atoms with Crippen LogP contribution in [0.25, 0.3) is 10.9 Å². The van der Waals surface area contributed by atoms with E-state index in [-0.39, 0.29) is 5.41 Å². The molecule has 0 radical (unpaired) electrons. The Bertz CT molecular complexity index is 954. The molecule has 6 nitrogen and oxygen atoms in total. The first kappa shape index (κ1) is 17.7. The zero-order chi connectivity index (χ0) is 18.4. The zero-order valence-electron chi connectivity index (χ0n) is 14.5. The molecule has 8 heteroatoms. The Kier molecular flexibility index (Phi) is 4.47. The summed E-state index contributed by atoms with van der Waals surface area (Å²) < 4.78 is 0. The van der Waals surface area contributed by atoms with Crippen LogP contribution in [-0.4, -0.2) is 21.1 Å². The van der Waals surface area contributed by atoms with E-state index < -0.39 is 5.91 Å². The third-order valence-corrected chi connectivity index (χ3v) is 5.41. The van der Waals surface area contributed by atoms with E-state index in [1.807, 2.05) is 6.07 Å². The molecule has 0 saturated carbocycles. The van der Waals surface area contributed by atoms with Crippen molar-refractivity contribution in [1.29, 1.82) is 0 Å². The van der Waals surface area contributed by atoms with Crippen molar-refractivity contribution in [3.8, 4) is 0 Å². The van der Waals surface area contributed by atoms with E-state index >= 15 is 0 Å². The number of carbonyl (C=O) groups is 1. The second kappa shape index (κ2) is 6.31. The molecule has 3 aromatic rings. The monoisotopic (exact) mass is 377 g/mol. The van der Waals surface area contributed by atoms with Crippen molar-refractivity contribution >= 4 is 45.6 Å². The molecule has 2 heterocycles. The number of primary amides is 1. The number of aromatic amines is 1. The average molecular weight is 378 g/mol. The molecular weight excluding hydrogens is 358 g/mol. The predicted octanol–water partition coefficient (Wildman–Crippen LogP) is 3.99. The quantitative estimate of drug-likeness (QED) is 0.640. The van der Waals surface area contributed by atoms with Gasteiger partial charge in [0.25, 0.3) is 5.91 Å². The molecule has 132 valence electrons. The topological polar surface area (TPSA) is 96.7 Å². The molecule has 1 amide bonds. The van der Waals surface area contributed by atoms with Gasteiger partial charge in [0.05, 0.1) is 17.8 Å². The Morgan fingerprint density at radius 1 is 1.40 bits per heavy atom. The average Bonchev–Trinajstić information content (AvgIpc) is 3.06. The highest BCUT2D eigenvalue weighted by Crippen LogP contribution is 2.34. The SMILES string of the molecule is Cc1nc(CNc2n[nH]c3cc(Cl)c(C(C)(C)C)cc23)sc1C(N)=O. The van der Waals surface area contributed by atoms with E-state index in [1.54, 1.807) is 6.92 Å². The van der Waals surface area contributed by atoms with Crippen LogP contribution in [0.4, 0.5) is 5.82 Å². The molecule has 0 aliphatic heterocycles. The van der Waals surface area contributed by atoms with Gasteiger partial charge in [-0.2, -0.15) is 5.10 Å². The maximum atomic E-state index is 11.3. The number of rotatable bonds is 4. The number of nitrogens with zero attached hydrogens (tertiary/aromatic N) is 2. The Morgan fingerprint density at radius 2 is 2.12 bits per heavy atom. The third kappa shape index (κ3) is 3.48. The molecule has 0 saturated heterocycles. The van der Waals surface area contributed by atoms with Crippen LogP contribution in [0.2, 0.25) is 5.02 Å². The second-order valence-electron chi connectivity index (χ2n) is 6.94. The molecule has 0 spiro atoms. The van der Waals surface area contributed by atoms with E-state index in [2.05, 4.69) is 47.3 Å². The van der Waals surface area contributed by atoms with Crippen molar-refractivity contribution in [2.24, 2.45) is 5.73 Å². The van der Waals surface area contributed by atoms with Crippen LogP contribution in [0.5, 0.6) is 0 Å². The first-order chi connectivity index (χ1) is 11.7. The minimum Gasteiger partial charge on any atom is -0.365 e. The minimum atomic E-state index is -0.448. The number of hydrogen-bond donors (Lipinski definition) is 3.